The van der Waals surface area contributed by atoms with Crippen molar-refractivity contribution in [2.45, 2.75) is 11.9 Å². The third-order valence-electron chi connectivity index (χ3n) is 1.71. The SMILES string of the molecule is C=CC(=O)NCCC(Cl)[N+](C)(C)C. The first-order valence-corrected chi connectivity index (χ1v) is 4.67. The molecule has 1 unspecified atom stereocenters. The van der Waals surface area contributed by atoms with Crippen LogP contribution in [0, 0.1) is 0 Å². The summed E-state index contributed by atoms with van der Waals surface area (Å²) in [5.41, 5.74) is 0.0186. The number of carbonyl (C=O) groups excluding carboxylic acids is 1. The largest absolute Gasteiger partial charge is 0.352 e. The number of hydrogen-bond acceptors (Lipinski definition) is 1. The molecule has 0 aromatic heterocycles. The van der Waals surface area contributed by atoms with Crippen molar-refractivity contribution in [2.75, 3.05) is 27.7 Å². The zero-order valence-electron chi connectivity index (χ0n) is 8.51. The van der Waals surface area contributed by atoms with Gasteiger partial charge in [-0.3, -0.25) is 4.79 Å². The van der Waals surface area contributed by atoms with Gasteiger partial charge in [-0.2, -0.15) is 0 Å². The van der Waals surface area contributed by atoms with Crippen LogP contribution in [-0.4, -0.2) is 43.6 Å². The van der Waals surface area contributed by atoms with E-state index in [1.54, 1.807) is 0 Å². The van der Waals surface area contributed by atoms with Gasteiger partial charge in [-0.05, 0) is 6.08 Å². The van der Waals surface area contributed by atoms with Crippen molar-refractivity contribution in [3.05, 3.63) is 12.7 Å². The van der Waals surface area contributed by atoms with Gasteiger partial charge in [0, 0.05) is 13.0 Å². The average Bonchev–Trinajstić information content (AvgIpc) is 2.02. The molecule has 0 aromatic rings. The molecule has 0 bridgehead atoms. The van der Waals surface area contributed by atoms with E-state index in [0.717, 1.165) is 6.42 Å². The molecule has 1 N–H and O–H groups in total. The van der Waals surface area contributed by atoms with E-state index in [2.05, 4.69) is 11.9 Å². The average molecular weight is 206 g/mol. The minimum atomic E-state index is -0.148. The molecule has 0 spiro atoms. The highest BCUT2D eigenvalue weighted by Gasteiger charge is 2.19. The molecule has 76 valence electrons. The van der Waals surface area contributed by atoms with Crippen LogP contribution < -0.4 is 5.32 Å². The highest BCUT2D eigenvalue weighted by atomic mass is 35.5. The van der Waals surface area contributed by atoms with Crippen LogP contribution in [0.4, 0.5) is 0 Å². The molecule has 3 nitrogen and oxygen atoms in total. The van der Waals surface area contributed by atoms with Gasteiger partial charge in [0.05, 0.1) is 21.1 Å². The summed E-state index contributed by atoms with van der Waals surface area (Å²) in [6.07, 6.45) is 2.01. The van der Waals surface area contributed by atoms with E-state index in [1.807, 2.05) is 21.1 Å². The molecule has 0 heterocycles. The van der Waals surface area contributed by atoms with Gasteiger partial charge in [-0.25, -0.2) is 0 Å². The van der Waals surface area contributed by atoms with Gasteiger partial charge < -0.3 is 9.80 Å². The predicted molar refractivity (Wildman–Crippen MR) is 55.5 cm³/mol. The molecule has 13 heavy (non-hydrogen) atoms. The van der Waals surface area contributed by atoms with E-state index in [1.165, 1.54) is 6.08 Å². The zero-order valence-corrected chi connectivity index (χ0v) is 9.27. The summed E-state index contributed by atoms with van der Waals surface area (Å²) in [4.78, 5) is 10.8. The number of halogens is 1. The Morgan fingerprint density at radius 1 is 1.62 bits per heavy atom. The minimum Gasteiger partial charge on any atom is -0.352 e. The van der Waals surface area contributed by atoms with Crippen molar-refractivity contribution in [1.82, 2.24) is 5.32 Å². The second-order valence-corrected chi connectivity index (χ2v) is 4.34. The number of nitrogens with zero attached hydrogens (tertiary/aromatic N) is 1. The number of alkyl halides is 1. The second kappa shape index (κ2) is 5.25. The molecule has 0 saturated carbocycles. The normalized spacial score (nSPS) is 13.5. The molecule has 1 atom stereocenters. The van der Waals surface area contributed by atoms with Crippen molar-refractivity contribution < 1.29 is 9.28 Å². The Morgan fingerprint density at radius 3 is 2.54 bits per heavy atom. The molecule has 4 heteroatoms. The van der Waals surface area contributed by atoms with Gasteiger partial charge >= 0.3 is 0 Å². The van der Waals surface area contributed by atoms with E-state index in [-0.39, 0.29) is 11.4 Å². The van der Waals surface area contributed by atoms with Crippen LogP contribution in [0.15, 0.2) is 12.7 Å². The van der Waals surface area contributed by atoms with E-state index in [4.69, 9.17) is 11.6 Å². The standard InChI is InChI=1S/C9H17ClN2O/c1-5-9(13)11-7-6-8(10)12(2,3)4/h5,8H,1,6-7H2,2-4H3/p+1. The summed E-state index contributed by atoms with van der Waals surface area (Å²) >= 11 is 6.08. The number of hydrogen-bond donors (Lipinski definition) is 1. The summed E-state index contributed by atoms with van der Waals surface area (Å²) in [7, 11) is 6.06. The maximum Gasteiger partial charge on any atom is 0.243 e. The Kier molecular flexibility index (Phi) is 5.03. The molecular formula is C9H18ClN2O+. The minimum absolute atomic E-state index is 0.0186. The topological polar surface area (TPSA) is 29.1 Å². The summed E-state index contributed by atoms with van der Waals surface area (Å²) in [5, 5.41) is 2.68. The fraction of sp³-hybridized carbons (Fsp3) is 0.667. The first kappa shape index (κ1) is 12.5. The number of rotatable bonds is 5. The Balaban J connectivity index is 3.65. The number of nitrogens with one attached hydrogen (secondary N) is 1. The lowest BCUT2D eigenvalue weighted by atomic mass is 10.3. The quantitative estimate of drug-likeness (QED) is 0.308. The Morgan fingerprint density at radius 2 is 2.15 bits per heavy atom. The fourth-order valence-electron chi connectivity index (χ4n) is 0.774. The van der Waals surface area contributed by atoms with Crippen LogP contribution in [0.3, 0.4) is 0 Å². The second-order valence-electron chi connectivity index (χ2n) is 3.83. The van der Waals surface area contributed by atoms with Gasteiger partial charge in [0.2, 0.25) is 5.91 Å². The van der Waals surface area contributed by atoms with Crippen LogP contribution in [0.2, 0.25) is 0 Å². The van der Waals surface area contributed by atoms with Crippen LogP contribution in [0.5, 0.6) is 0 Å². The monoisotopic (exact) mass is 205 g/mol. The van der Waals surface area contributed by atoms with Gasteiger partial charge in [0.25, 0.3) is 0 Å². The van der Waals surface area contributed by atoms with Crippen molar-refractivity contribution in [1.29, 1.82) is 0 Å². The molecule has 0 aliphatic rings. The smallest absolute Gasteiger partial charge is 0.243 e. The van der Waals surface area contributed by atoms with E-state index in [9.17, 15) is 4.79 Å². The first-order valence-electron chi connectivity index (χ1n) is 4.23. The van der Waals surface area contributed by atoms with Crippen molar-refractivity contribution >= 4 is 17.5 Å². The maximum atomic E-state index is 10.8. The lowest BCUT2D eigenvalue weighted by Crippen LogP contribution is -2.43. The first-order chi connectivity index (χ1) is 5.88. The number of carbonyl (C=O) groups is 1. The third-order valence-corrected chi connectivity index (χ3v) is 2.51. The lowest BCUT2D eigenvalue weighted by Gasteiger charge is -2.29. The number of quaternary nitrogens is 1. The van der Waals surface area contributed by atoms with Gasteiger partial charge in [-0.15, -0.1) is 0 Å². The van der Waals surface area contributed by atoms with Crippen molar-refractivity contribution in [2.24, 2.45) is 0 Å². The number of amides is 1. The van der Waals surface area contributed by atoms with E-state index >= 15 is 0 Å². The molecule has 0 rings (SSSR count). The third kappa shape index (κ3) is 5.66. The summed E-state index contributed by atoms with van der Waals surface area (Å²) in [6, 6.07) is 0. The summed E-state index contributed by atoms with van der Waals surface area (Å²) in [5.74, 6) is -0.148. The van der Waals surface area contributed by atoms with E-state index in [0.29, 0.717) is 11.0 Å². The van der Waals surface area contributed by atoms with Gasteiger partial charge in [0.1, 0.15) is 0 Å². The highest BCUT2D eigenvalue weighted by molar-refractivity contribution is 6.19. The maximum absolute atomic E-state index is 10.8. The Bertz CT molecular complexity index is 187. The van der Waals surface area contributed by atoms with Crippen LogP contribution >= 0.6 is 11.6 Å². The molecule has 0 radical (unpaired) electrons. The van der Waals surface area contributed by atoms with Crippen molar-refractivity contribution in [3.63, 3.8) is 0 Å². The fourth-order valence-corrected chi connectivity index (χ4v) is 0.883. The summed E-state index contributed by atoms with van der Waals surface area (Å²) < 4.78 is 0.686. The van der Waals surface area contributed by atoms with Gasteiger partial charge in [0.15, 0.2) is 5.50 Å². The van der Waals surface area contributed by atoms with E-state index < -0.39 is 0 Å². The van der Waals surface area contributed by atoms with Crippen LogP contribution in [0.25, 0.3) is 0 Å². The van der Waals surface area contributed by atoms with Crippen molar-refractivity contribution in [3.8, 4) is 0 Å². The Labute approximate surface area is 85.0 Å². The molecule has 0 aliphatic carbocycles. The highest BCUT2D eigenvalue weighted by Crippen LogP contribution is 2.10. The molecule has 0 fully saturated rings. The molecule has 0 saturated heterocycles. The molecule has 0 aromatic carbocycles. The zero-order chi connectivity index (χ0) is 10.5. The predicted octanol–water partition coefficient (Wildman–Crippen LogP) is 0.950. The van der Waals surface area contributed by atoms with Crippen LogP contribution in [-0.2, 0) is 4.79 Å². The lowest BCUT2D eigenvalue weighted by molar-refractivity contribution is -0.882. The summed E-state index contributed by atoms with van der Waals surface area (Å²) in [6.45, 7) is 3.95. The van der Waals surface area contributed by atoms with Crippen LogP contribution in [0.1, 0.15) is 6.42 Å². The molecule has 1 amide bonds. The molecular weight excluding hydrogens is 188 g/mol. The Hall–Kier alpha value is -0.540. The van der Waals surface area contributed by atoms with Gasteiger partial charge in [-0.1, -0.05) is 18.2 Å². The molecule has 0 aliphatic heterocycles.